The number of allylic oxidation sites excluding steroid dienone is 6. The van der Waals surface area contributed by atoms with Gasteiger partial charge in [0.25, 0.3) is 0 Å². The smallest absolute Gasteiger partial charge is 0.119 e. The summed E-state index contributed by atoms with van der Waals surface area (Å²) in [6.45, 7) is 4.69. The fraction of sp³-hybridized carbons (Fsp3) is 0.576. The van der Waals surface area contributed by atoms with Gasteiger partial charge in [0.05, 0.1) is 0 Å². The maximum Gasteiger partial charge on any atom is 0.119 e. The third-order valence-corrected chi connectivity index (χ3v) is 10.3. The minimum absolute atomic E-state index is 0.0197. The zero-order valence-electron chi connectivity index (χ0n) is 22.1. The van der Waals surface area contributed by atoms with Gasteiger partial charge in [0.15, 0.2) is 0 Å². The molecule has 0 heterocycles. The van der Waals surface area contributed by atoms with Gasteiger partial charge in [-0.1, -0.05) is 82.7 Å². The Labute approximate surface area is 217 Å². The third kappa shape index (κ3) is 4.55. The van der Waals surface area contributed by atoms with Crippen LogP contribution in [0.4, 0.5) is 0 Å². The maximum absolute atomic E-state index is 11.2. The van der Waals surface area contributed by atoms with Gasteiger partial charge in [0.2, 0.25) is 0 Å². The van der Waals surface area contributed by atoms with Crippen LogP contribution < -0.4 is 0 Å². The molecule has 0 bridgehead atoms. The fourth-order valence-corrected chi connectivity index (χ4v) is 8.37. The van der Waals surface area contributed by atoms with Gasteiger partial charge in [-0.15, -0.1) is 0 Å². The molecule has 0 radical (unpaired) electrons. The molecular weight excluding hydrogens is 444 g/mol. The summed E-state index contributed by atoms with van der Waals surface area (Å²) in [5.41, 5.74) is 0.559. The van der Waals surface area contributed by atoms with E-state index in [0.29, 0.717) is 29.1 Å². The van der Waals surface area contributed by atoms with E-state index < -0.39 is 0 Å². The number of aliphatic hydroxyl groups is 2. The summed E-state index contributed by atoms with van der Waals surface area (Å²) in [6, 6.07) is 7.86. The zero-order valence-corrected chi connectivity index (χ0v) is 22.1. The second kappa shape index (κ2) is 10.1. The summed E-state index contributed by atoms with van der Waals surface area (Å²) >= 11 is 0. The lowest BCUT2D eigenvalue weighted by Gasteiger charge is -2.53. The van der Waals surface area contributed by atoms with Gasteiger partial charge in [-0.3, -0.25) is 0 Å². The molecule has 3 N–H and O–H groups in total. The van der Waals surface area contributed by atoms with Crippen molar-refractivity contribution in [2.45, 2.75) is 84.0 Å². The number of hydrogen-bond donors (Lipinski definition) is 3. The van der Waals surface area contributed by atoms with E-state index in [2.05, 4.69) is 44.2 Å². The van der Waals surface area contributed by atoms with Gasteiger partial charge >= 0.3 is 0 Å². The molecule has 194 valence electrons. The first-order chi connectivity index (χ1) is 17.3. The van der Waals surface area contributed by atoms with Crippen LogP contribution in [0, 0.1) is 34.5 Å². The lowest BCUT2D eigenvalue weighted by Crippen LogP contribution is -2.46. The average molecular weight is 489 g/mol. The van der Waals surface area contributed by atoms with Crippen molar-refractivity contribution in [3.63, 3.8) is 0 Å². The van der Waals surface area contributed by atoms with Crippen LogP contribution >= 0.6 is 0 Å². The highest BCUT2D eigenvalue weighted by Gasteiger charge is 2.52. The summed E-state index contributed by atoms with van der Waals surface area (Å²) in [7, 11) is 0. The molecule has 0 aromatic heterocycles. The summed E-state index contributed by atoms with van der Waals surface area (Å²) in [4.78, 5) is 0. The molecule has 2 fully saturated rings. The van der Waals surface area contributed by atoms with E-state index in [1.54, 1.807) is 0 Å². The first kappa shape index (κ1) is 25.2. The molecular formula is C33H44O3. The molecule has 3 nitrogen and oxygen atoms in total. The van der Waals surface area contributed by atoms with E-state index in [1.807, 2.05) is 30.4 Å². The van der Waals surface area contributed by atoms with Gasteiger partial charge in [-0.2, -0.15) is 0 Å². The number of para-hydroxylation sites is 1. The van der Waals surface area contributed by atoms with Crippen LogP contribution in [0.25, 0.3) is 0 Å². The number of hydrogen-bond acceptors (Lipinski definition) is 3. The number of phenolic OH excluding ortho intramolecular Hbond substituents is 1. The van der Waals surface area contributed by atoms with E-state index in [9.17, 15) is 15.3 Å². The van der Waals surface area contributed by atoms with Gasteiger partial charge in [-0.05, 0) is 96.1 Å². The van der Waals surface area contributed by atoms with Gasteiger partial charge in [0, 0.05) is 5.92 Å². The number of phenols is 1. The molecule has 2 saturated carbocycles. The second-order valence-electron chi connectivity index (χ2n) is 12.4. The average Bonchev–Trinajstić information content (AvgIpc) is 2.88. The third-order valence-electron chi connectivity index (χ3n) is 10.3. The van der Waals surface area contributed by atoms with Crippen LogP contribution in [-0.4, -0.2) is 15.3 Å². The Morgan fingerprint density at radius 2 is 1.11 bits per heavy atom. The monoisotopic (exact) mass is 488 g/mol. The first-order valence-electron chi connectivity index (χ1n) is 14.3. The molecule has 5 rings (SSSR count). The minimum atomic E-state index is -0.212. The number of rotatable bonds is 5. The zero-order chi connectivity index (χ0) is 25.3. The predicted octanol–water partition coefficient (Wildman–Crippen LogP) is 8.90. The Kier molecular flexibility index (Phi) is 7.12. The topological polar surface area (TPSA) is 60.7 Å². The van der Waals surface area contributed by atoms with Crippen LogP contribution in [0.5, 0.6) is 5.75 Å². The summed E-state index contributed by atoms with van der Waals surface area (Å²) in [6.07, 6.45) is 24.7. The number of benzene rings is 1. The van der Waals surface area contributed by atoms with Crippen molar-refractivity contribution in [3.8, 4) is 5.75 Å². The van der Waals surface area contributed by atoms with Gasteiger partial charge < -0.3 is 15.3 Å². The largest absolute Gasteiger partial charge is 0.508 e. The summed E-state index contributed by atoms with van der Waals surface area (Å²) in [5.74, 6) is 2.32. The molecule has 3 heteroatoms. The highest BCUT2D eigenvalue weighted by molar-refractivity contribution is 5.42. The van der Waals surface area contributed by atoms with Crippen molar-refractivity contribution in [1.29, 1.82) is 0 Å². The Bertz CT molecular complexity index is 990. The Balaban J connectivity index is 1.65. The SMILES string of the molecule is CC1(C2CCCCC2)C=C(O)C=CC1C(c1ccccc1O)C1C=CC(O)=CC1(C)C1CCCCC1. The summed E-state index contributed by atoms with van der Waals surface area (Å²) in [5, 5.41) is 32.7. The second-order valence-corrected chi connectivity index (χ2v) is 12.4. The van der Waals surface area contributed by atoms with Crippen LogP contribution in [0.3, 0.4) is 0 Å². The first-order valence-corrected chi connectivity index (χ1v) is 14.3. The van der Waals surface area contributed by atoms with E-state index in [4.69, 9.17) is 0 Å². The number of aromatic hydroxyl groups is 1. The molecule has 4 unspecified atom stereocenters. The van der Waals surface area contributed by atoms with Crippen molar-refractivity contribution < 1.29 is 15.3 Å². The normalized spacial score (nSPS) is 34.7. The Morgan fingerprint density at radius 3 is 1.56 bits per heavy atom. The Hall–Kier alpha value is -2.42. The van der Waals surface area contributed by atoms with Crippen LogP contribution in [-0.2, 0) is 0 Å². The van der Waals surface area contributed by atoms with Gasteiger partial charge in [-0.25, -0.2) is 0 Å². The van der Waals surface area contributed by atoms with Crippen molar-refractivity contribution in [2.75, 3.05) is 0 Å². The minimum Gasteiger partial charge on any atom is -0.508 e. The van der Waals surface area contributed by atoms with Gasteiger partial charge in [0.1, 0.15) is 17.3 Å². The predicted molar refractivity (Wildman–Crippen MR) is 147 cm³/mol. The van der Waals surface area contributed by atoms with E-state index >= 15 is 0 Å². The molecule has 0 amide bonds. The fourth-order valence-electron chi connectivity index (χ4n) is 8.37. The standard InChI is InChI=1S/C33H44O3/c1-32(23-11-5-3-6-12-23)21-25(34)17-19-28(32)31(27-15-9-10-16-30(27)36)29-20-18-26(35)22-33(29,2)24-13-7-4-8-14-24/h9-10,15-24,28-29,31,34-36H,3-8,11-14H2,1-2H3. The quantitative estimate of drug-likeness (QED) is 0.388. The van der Waals surface area contributed by atoms with Crippen LogP contribution in [0.15, 0.2) is 72.2 Å². The van der Waals surface area contributed by atoms with Crippen LogP contribution in [0.1, 0.15) is 89.5 Å². The maximum atomic E-state index is 11.2. The molecule has 1 aromatic carbocycles. The molecule has 0 saturated heterocycles. The molecule has 0 aliphatic heterocycles. The van der Waals surface area contributed by atoms with Crippen molar-refractivity contribution in [3.05, 3.63) is 77.8 Å². The molecule has 4 aliphatic rings. The van der Waals surface area contributed by atoms with Crippen molar-refractivity contribution >= 4 is 0 Å². The lowest BCUT2D eigenvalue weighted by atomic mass is 9.50. The molecule has 36 heavy (non-hydrogen) atoms. The van der Waals surface area contributed by atoms with Crippen molar-refractivity contribution in [1.82, 2.24) is 0 Å². The summed E-state index contributed by atoms with van der Waals surface area (Å²) < 4.78 is 0. The van der Waals surface area contributed by atoms with E-state index in [1.165, 1.54) is 64.2 Å². The highest BCUT2D eigenvalue weighted by Crippen LogP contribution is 2.60. The number of aliphatic hydroxyl groups excluding tert-OH is 2. The van der Waals surface area contributed by atoms with Crippen LogP contribution in [0.2, 0.25) is 0 Å². The molecule has 0 spiro atoms. The molecule has 1 aromatic rings. The highest BCUT2D eigenvalue weighted by atomic mass is 16.3. The molecule has 4 aliphatic carbocycles. The Morgan fingerprint density at radius 1 is 0.667 bits per heavy atom. The lowest BCUT2D eigenvalue weighted by molar-refractivity contribution is 0.0577. The van der Waals surface area contributed by atoms with E-state index in [-0.39, 0.29) is 28.6 Å². The van der Waals surface area contributed by atoms with Crippen molar-refractivity contribution in [2.24, 2.45) is 34.5 Å². The van der Waals surface area contributed by atoms with E-state index in [0.717, 1.165) is 5.56 Å². The molecule has 4 atom stereocenters.